The van der Waals surface area contributed by atoms with E-state index in [0.717, 1.165) is 29.7 Å². The van der Waals surface area contributed by atoms with Crippen LogP contribution in [0, 0.1) is 5.82 Å². The Morgan fingerprint density at radius 2 is 2.29 bits per heavy atom. The Bertz CT molecular complexity index is 376. The predicted molar refractivity (Wildman–Crippen MR) is 74.1 cm³/mol. The van der Waals surface area contributed by atoms with E-state index in [1.807, 2.05) is 12.1 Å². The second-order valence-electron chi connectivity index (χ2n) is 4.26. The molecule has 17 heavy (non-hydrogen) atoms. The topological polar surface area (TPSA) is 15.3 Å². The van der Waals surface area contributed by atoms with Gasteiger partial charge in [0, 0.05) is 42.3 Å². The summed E-state index contributed by atoms with van der Waals surface area (Å²) in [6.45, 7) is 5.82. The first-order chi connectivity index (χ1) is 7.66. The molecule has 1 N–H and O–H groups in total. The summed E-state index contributed by atoms with van der Waals surface area (Å²) in [5.74, 6) is -0.125. The minimum atomic E-state index is -0.125. The van der Waals surface area contributed by atoms with Crippen LogP contribution in [0.25, 0.3) is 0 Å². The number of nitrogens with one attached hydrogen (secondary N) is 1. The van der Waals surface area contributed by atoms with Gasteiger partial charge < -0.3 is 5.32 Å². The summed E-state index contributed by atoms with van der Waals surface area (Å²) >= 11 is 3.27. The molecule has 5 heteroatoms. The lowest BCUT2D eigenvalue weighted by Crippen LogP contribution is -2.49. The monoisotopic (exact) mass is 322 g/mol. The van der Waals surface area contributed by atoms with Crippen molar-refractivity contribution in [2.75, 3.05) is 19.6 Å². The predicted octanol–water partition coefficient (Wildman–Crippen LogP) is 2.80. The SMILES string of the molecule is C[C@H]1CNCCN1Cc1ccc(Br)cc1F.Cl. The van der Waals surface area contributed by atoms with E-state index in [0.29, 0.717) is 12.6 Å². The molecule has 0 amide bonds. The van der Waals surface area contributed by atoms with Gasteiger partial charge in [0.05, 0.1) is 0 Å². The molecule has 1 fully saturated rings. The summed E-state index contributed by atoms with van der Waals surface area (Å²) in [4.78, 5) is 2.31. The van der Waals surface area contributed by atoms with Crippen LogP contribution >= 0.6 is 28.3 Å². The molecule has 1 aliphatic rings. The fourth-order valence-corrected chi connectivity index (χ4v) is 2.32. The second-order valence-corrected chi connectivity index (χ2v) is 5.18. The molecule has 0 bridgehead atoms. The Hall–Kier alpha value is -0.160. The number of benzene rings is 1. The molecule has 1 saturated heterocycles. The molecule has 0 saturated carbocycles. The van der Waals surface area contributed by atoms with Crippen molar-refractivity contribution in [3.05, 3.63) is 34.1 Å². The van der Waals surface area contributed by atoms with Crippen LogP contribution in [0.2, 0.25) is 0 Å². The Labute approximate surface area is 116 Å². The quantitative estimate of drug-likeness (QED) is 0.900. The molecule has 0 radical (unpaired) electrons. The van der Waals surface area contributed by atoms with Crippen LogP contribution < -0.4 is 5.32 Å². The minimum absolute atomic E-state index is 0. The first kappa shape index (κ1) is 14.9. The summed E-state index contributed by atoms with van der Waals surface area (Å²) in [5, 5.41) is 3.33. The lowest BCUT2D eigenvalue weighted by atomic mass is 10.1. The highest BCUT2D eigenvalue weighted by atomic mass is 79.9. The third-order valence-corrected chi connectivity index (χ3v) is 3.52. The van der Waals surface area contributed by atoms with Gasteiger partial charge in [0.2, 0.25) is 0 Å². The molecule has 2 rings (SSSR count). The molecule has 0 unspecified atom stereocenters. The van der Waals surface area contributed by atoms with Crippen molar-refractivity contribution in [3.63, 3.8) is 0 Å². The normalized spacial score (nSPS) is 21.0. The molecule has 1 atom stereocenters. The van der Waals surface area contributed by atoms with Gasteiger partial charge in [0.1, 0.15) is 5.82 Å². The van der Waals surface area contributed by atoms with Crippen LogP contribution in [-0.4, -0.2) is 30.6 Å². The van der Waals surface area contributed by atoms with Gasteiger partial charge in [0.25, 0.3) is 0 Å². The lowest BCUT2D eigenvalue weighted by molar-refractivity contribution is 0.164. The van der Waals surface area contributed by atoms with E-state index in [-0.39, 0.29) is 18.2 Å². The van der Waals surface area contributed by atoms with Crippen LogP contribution in [-0.2, 0) is 6.54 Å². The van der Waals surface area contributed by atoms with Crippen LogP contribution in [0.5, 0.6) is 0 Å². The van der Waals surface area contributed by atoms with Crippen LogP contribution in [0.15, 0.2) is 22.7 Å². The van der Waals surface area contributed by atoms with Crippen LogP contribution in [0.4, 0.5) is 4.39 Å². The van der Waals surface area contributed by atoms with E-state index in [2.05, 4.69) is 33.1 Å². The van der Waals surface area contributed by atoms with Crippen molar-refractivity contribution < 1.29 is 4.39 Å². The fourth-order valence-electron chi connectivity index (χ4n) is 1.99. The largest absolute Gasteiger partial charge is 0.314 e. The highest BCUT2D eigenvalue weighted by Crippen LogP contribution is 2.18. The first-order valence-corrected chi connectivity index (χ1v) is 6.35. The first-order valence-electron chi connectivity index (χ1n) is 5.55. The number of piperazine rings is 1. The molecule has 1 aromatic carbocycles. The smallest absolute Gasteiger partial charge is 0.128 e. The van der Waals surface area contributed by atoms with Crippen LogP contribution in [0.1, 0.15) is 12.5 Å². The summed E-state index contributed by atoms with van der Waals surface area (Å²) in [6, 6.07) is 5.75. The zero-order valence-corrected chi connectivity index (χ0v) is 12.2. The number of rotatable bonds is 2. The van der Waals surface area contributed by atoms with Gasteiger partial charge in [0.15, 0.2) is 0 Å². The van der Waals surface area contributed by atoms with Gasteiger partial charge in [-0.05, 0) is 19.1 Å². The molecule has 96 valence electrons. The van der Waals surface area contributed by atoms with Gasteiger partial charge in [-0.25, -0.2) is 4.39 Å². The van der Waals surface area contributed by atoms with E-state index in [1.165, 1.54) is 6.07 Å². The second kappa shape index (κ2) is 6.69. The van der Waals surface area contributed by atoms with E-state index >= 15 is 0 Å². The summed E-state index contributed by atoms with van der Waals surface area (Å²) in [6.07, 6.45) is 0. The number of hydrogen-bond acceptors (Lipinski definition) is 2. The summed E-state index contributed by atoms with van der Waals surface area (Å²) in [7, 11) is 0. The fraction of sp³-hybridized carbons (Fsp3) is 0.500. The highest BCUT2D eigenvalue weighted by Gasteiger charge is 2.18. The van der Waals surface area contributed by atoms with Gasteiger partial charge in [-0.3, -0.25) is 4.90 Å². The van der Waals surface area contributed by atoms with Crippen LogP contribution in [0.3, 0.4) is 0 Å². The average molecular weight is 324 g/mol. The standard InChI is InChI=1S/C12H16BrFN2.ClH/c1-9-7-15-4-5-16(9)8-10-2-3-11(13)6-12(10)14;/h2-3,6,9,15H,4-5,7-8H2,1H3;1H/t9-;/m0./s1. The Morgan fingerprint density at radius 1 is 1.53 bits per heavy atom. The van der Waals surface area contributed by atoms with Gasteiger partial charge in [-0.1, -0.05) is 22.0 Å². The van der Waals surface area contributed by atoms with Gasteiger partial charge >= 0.3 is 0 Å². The van der Waals surface area contributed by atoms with Gasteiger partial charge in [-0.2, -0.15) is 0 Å². The molecule has 1 aliphatic heterocycles. The van der Waals surface area contributed by atoms with E-state index in [1.54, 1.807) is 0 Å². The molecule has 2 nitrogen and oxygen atoms in total. The third kappa shape index (κ3) is 3.91. The Kier molecular flexibility index (Phi) is 5.86. The van der Waals surface area contributed by atoms with E-state index in [4.69, 9.17) is 0 Å². The lowest BCUT2D eigenvalue weighted by Gasteiger charge is -2.33. The highest BCUT2D eigenvalue weighted by molar-refractivity contribution is 9.10. The minimum Gasteiger partial charge on any atom is -0.314 e. The Balaban J connectivity index is 0.00000144. The van der Waals surface area contributed by atoms with Crippen molar-refractivity contribution in [2.45, 2.75) is 19.5 Å². The molecule has 0 aliphatic carbocycles. The zero-order chi connectivity index (χ0) is 11.5. The maximum absolute atomic E-state index is 13.7. The molecule has 1 heterocycles. The number of halogens is 3. The van der Waals surface area contributed by atoms with Crippen molar-refractivity contribution in [1.82, 2.24) is 10.2 Å². The van der Waals surface area contributed by atoms with Crippen molar-refractivity contribution >= 4 is 28.3 Å². The number of hydrogen-bond donors (Lipinski definition) is 1. The number of nitrogens with zero attached hydrogens (tertiary/aromatic N) is 1. The van der Waals surface area contributed by atoms with E-state index in [9.17, 15) is 4.39 Å². The molecular weight excluding hydrogens is 307 g/mol. The van der Waals surface area contributed by atoms with Gasteiger partial charge in [-0.15, -0.1) is 12.4 Å². The summed E-state index contributed by atoms with van der Waals surface area (Å²) in [5.41, 5.74) is 0.775. The molecular formula is C12H17BrClFN2. The maximum atomic E-state index is 13.7. The summed E-state index contributed by atoms with van der Waals surface area (Å²) < 4.78 is 14.5. The molecule has 0 aromatic heterocycles. The molecule has 1 aromatic rings. The van der Waals surface area contributed by atoms with Crippen molar-refractivity contribution in [1.29, 1.82) is 0 Å². The maximum Gasteiger partial charge on any atom is 0.128 e. The third-order valence-electron chi connectivity index (χ3n) is 3.03. The van der Waals surface area contributed by atoms with Crippen molar-refractivity contribution in [3.8, 4) is 0 Å². The zero-order valence-electron chi connectivity index (χ0n) is 9.75. The average Bonchev–Trinajstić information content (AvgIpc) is 2.25. The van der Waals surface area contributed by atoms with Crippen molar-refractivity contribution in [2.24, 2.45) is 0 Å². The Morgan fingerprint density at radius 3 is 2.94 bits per heavy atom. The molecule has 0 spiro atoms. The van der Waals surface area contributed by atoms with E-state index < -0.39 is 0 Å².